The monoisotopic (exact) mass is 330 g/mol. The molecule has 0 saturated carbocycles. The van der Waals surface area contributed by atoms with Gasteiger partial charge in [0.1, 0.15) is 0 Å². The summed E-state index contributed by atoms with van der Waals surface area (Å²) < 4.78 is 1.15. The fraction of sp³-hybridized carbons (Fsp3) is 0.500. The molecule has 0 aliphatic carbocycles. The topological polar surface area (TPSA) is 52.6 Å². The Bertz CT molecular complexity index is 725. The summed E-state index contributed by atoms with van der Waals surface area (Å²) in [6.07, 6.45) is 2.43. The van der Waals surface area contributed by atoms with Crippen LogP contribution < -0.4 is 5.32 Å². The number of amides is 1. The van der Waals surface area contributed by atoms with Gasteiger partial charge < -0.3 is 15.3 Å². The van der Waals surface area contributed by atoms with Gasteiger partial charge in [0.15, 0.2) is 0 Å². The first-order valence-electron chi connectivity index (χ1n) is 8.34. The van der Waals surface area contributed by atoms with Crippen LogP contribution in [0.15, 0.2) is 29.6 Å². The number of benzene rings is 1. The number of piperidine rings is 2. The van der Waals surface area contributed by atoms with Crippen molar-refractivity contribution in [2.75, 3.05) is 26.2 Å². The SMILES string of the molecule is O=C(c1csc2ccccc12)N1CCC[C@]2(CNCC[C@@H]2O)C1. The van der Waals surface area contributed by atoms with Gasteiger partial charge in [0, 0.05) is 40.5 Å². The zero-order chi connectivity index (χ0) is 15.9. The molecule has 1 aromatic heterocycles. The molecular formula is C18H22N2O2S. The lowest BCUT2D eigenvalue weighted by molar-refractivity contribution is -0.0432. The molecule has 1 spiro atoms. The van der Waals surface area contributed by atoms with E-state index in [-0.39, 0.29) is 17.4 Å². The Kier molecular flexibility index (Phi) is 3.87. The number of fused-ring (bicyclic) bond motifs is 1. The molecule has 2 saturated heterocycles. The molecule has 0 bridgehead atoms. The third kappa shape index (κ3) is 2.57. The van der Waals surface area contributed by atoms with Gasteiger partial charge in [0.05, 0.1) is 11.7 Å². The Morgan fingerprint density at radius 1 is 1.39 bits per heavy atom. The lowest BCUT2D eigenvalue weighted by Crippen LogP contribution is -2.58. The number of nitrogens with zero attached hydrogens (tertiary/aromatic N) is 1. The van der Waals surface area contributed by atoms with Crippen LogP contribution in [0.5, 0.6) is 0 Å². The van der Waals surface area contributed by atoms with E-state index in [0.29, 0.717) is 6.54 Å². The van der Waals surface area contributed by atoms with Crippen LogP contribution in [0, 0.1) is 5.41 Å². The number of thiophene rings is 1. The van der Waals surface area contributed by atoms with E-state index in [1.54, 1.807) is 11.3 Å². The lowest BCUT2D eigenvalue weighted by Gasteiger charge is -2.48. The summed E-state index contributed by atoms with van der Waals surface area (Å²) in [4.78, 5) is 15.0. The van der Waals surface area contributed by atoms with E-state index >= 15 is 0 Å². The van der Waals surface area contributed by atoms with Gasteiger partial charge in [0.25, 0.3) is 5.91 Å². The van der Waals surface area contributed by atoms with E-state index < -0.39 is 0 Å². The summed E-state index contributed by atoms with van der Waals surface area (Å²) in [5.74, 6) is 0.110. The van der Waals surface area contributed by atoms with Crippen LogP contribution in [-0.2, 0) is 0 Å². The maximum atomic E-state index is 13.0. The van der Waals surface area contributed by atoms with Crippen molar-refractivity contribution in [1.29, 1.82) is 0 Å². The van der Waals surface area contributed by atoms with E-state index in [1.165, 1.54) is 0 Å². The van der Waals surface area contributed by atoms with Crippen molar-refractivity contribution in [3.63, 3.8) is 0 Å². The molecule has 2 aliphatic rings. The molecule has 2 N–H and O–H groups in total. The molecule has 3 heterocycles. The highest BCUT2D eigenvalue weighted by Gasteiger charge is 2.44. The van der Waals surface area contributed by atoms with Gasteiger partial charge in [-0.25, -0.2) is 0 Å². The smallest absolute Gasteiger partial charge is 0.255 e. The second-order valence-electron chi connectivity index (χ2n) is 6.82. The van der Waals surface area contributed by atoms with E-state index in [0.717, 1.165) is 54.5 Å². The van der Waals surface area contributed by atoms with E-state index in [2.05, 4.69) is 11.4 Å². The average molecular weight is 330 g/mol. The van der Waals surface area contributed by atoms with E-state index in [4.69, 9.17) is 0 Å². The second kappa shape index (κ2) is 5.89. The molecule has 5 heteroatoms. The Hall–Kier alpha value is -1.43. The molecule has 4 nitrogen and oxygen atoms in total. The number of hydrogen-bond acceptors (Lipinski definition) is 4. The van der Waals surface area contributed by atoms with Crippen molar-refractivity contribution >= 4 is 27.3 Å². The van der Waals surface area contributed by atoms with Crippen LogP contribution in [0.25, 0.3) is 10.1 Å². The van der Waals surface area contributed by atoms with Crippen LogP contribution in [0.1, 0.15) is 29.6 Å². The minimum atomic E-state index is -0.307. The highest BCUT2D eigenvalue weighted by molar-refractivity contribution is 7.17. The first kappa shape index (κ1) is 15.1. The van der Waals surface area contributed by atoms with Crippen molar-refractivity contribution in [3.05, 3.63) is 35.2 Å². The van der Waals surface area contributed by atoms with Crippen molar-refractivity contribution in [2.24, 2.45) is 5.41 Å². The number of aliphatic hydroxyl groups excluding tert-OH is 1. The van der Waals surface area contributed by atoms with Gasteiger partial charge in [-0.2, -0.15) is 0 Å². The lowest BCUT2D eigenvalue weighted by atomic mass is 9.72. The van der Waals surface area contributed by atoms with Gasteiger partial charge in [-0.3, -0.25) is 4.79 Å². The van der Waals surface area contributed by atoms with E-state index in [1.807, 2.05) is 28.5 Å². The number of carbonyl (C=O) groups is 1. The Balaban J connectivity index is 1.61. The number of nitrogens with one attached hydrogen (secondary N) is 1. The predicted molar refractivity (Wildman–Crippen MR) is 92.9 cm³/mol. The molecule has 4 rings (SSSR count). The van der Waals surface area contributed by atoms with Gasteiger partial charge >= 0.3 is 0 Å². The molecule has 23 heavy (non-hydrogen) atoms. The van der Waals surface area contributed by atoms with Crippen LogP contribution in [0.3, 0.4) is 0 Å². The normalized spacial score (nSPS) is 28.4. The summed E-state index contributed by atoms with van der Waals surface area (Å²) in [7, 11) is 0. The van der Waals surface area contributed by atoms with E-state index in [9.17, 15) is 9.90 Å². The van der Waals surface area contributed by atoms with Crippen LogP contribution in [0.2, 0.25) is 0 Å². The fourth-order valence-electron chi connectivity index (χ4n) is 4.06. The van der Waals surface area contributed by atoms with Gasteiger partial charge in [-0.15, -0.1) is 11.3 Å². The molecule has 0 radical (unpaired) electrons. The first-order valence-corrected chi connectivity index (χ1v) is 9.22. The van der Waals surface area contributed by atoms with Crippen LogP contribution in [-0.4, -0.2) is 48.2 Å². The Morgan fingerprint density at radius 2 is 2.26 bits per heavy atom. The molecule has 2 atom stereocenters. The Labute approximate surface area is 140 Å². The quantitative estimate of drug-likeness (QED) is 0.845. The molecule has 1 aromatic carbocycles. The summed E-state index contributed by atoms with van der Waals surface area (Å²) >= 11 is 1.62. The number of rotatable bonds is 1. The van der Waals surface area contributed by atoms with Crippen LogP contribution in [0.4, 0.5) is 0 Å². The van der Waals surface area contributed by atoms with Crippen LogP contribution >= 0.6 is 11.3 Å². The number of aliphatic hydroxyl groups is 1. The van der Waals surface area contributed by atoms with Crippen molar-refractivity contribution in [2.45, 2.75) is 25.4 Å². The maximum Gasteiger partial charge on any atom is 0.255 e. The minimum absolute atomic E-state index is 0.110. The fourth-order valence-corrected chi connectivity index (χ4v) is 5.00. The van der Waals surface area contributed by atoms with Gasteiger partial charge in [0.2, 0.25) is 0 Å². The maximum absolute atomic E-state index is 13.0. The van der Waals surface area contributed by atoms with Gasteiger partial charge in [-0.05, 0) is 31.9 Å². The predicted octanol–water partition coefficient (Wildman–Crippen LogP) is 2.48. The largest absolute Gasteiger partial charge is 0.392 e. The highest BCUT2D eigenvalue weighted by atomic mass is 32.1. The molecular weight excluding hydrogens is 308 g/mol. The summed E-state index contributed by atoms with van der Waals surface area (Å²) in [5.41, 5.74) is 0.638. The van der Waals surface area contributed by atoms with Gasteiger partial charge in [-0.1, -0.05) is 18.2 Å². The third-order valence-corrected chi connectivity index (χ3v) is 6.35. The number of likely N-dealkylation sites (tertiary alicyclic amines) is 1. The zero-order valence-electron chi connectivity index (χ0n) is 13.1. The third-order valence-electron chi connectivity index (χ3n) is 5.39. The first-order chi connectivity index (χ1) is 11.2. The molecule has 2 aliphatic heterocycles. The summed E-state index contributed by atoms with van der Waals surface area (Å²) in [6, 6.07) is 8.07. The molecule has 2 fully saturated rings. The summed E-state index contributed by atoms with van der Waals surface area (Å²) in [5, 5.41) is 16.9. The highest BCUT2D eigenvalue weighted by Crippen LogP contribution is 2.37. The minimum Gasteiger partial charge on any atom is -0.392 e. The van der Waals surface area contributed by atoms with Crippen molar-refractivity contribution in [3.8, 4) is 0 Å². The standard InChI is InChI=1S/C18H22N2O2S/c21-16-6-8-19-11-18(16)7-3-9-20(12-18)17(22)14-10-23-15-5-2-1-4-13(14)15/h1-2,4-5,10,16,19,21H,3,6-9,11-12H2/t16-,18-/m0/s1. The summed E-state index contributed by atoms with van der Waals surface area (Å²) in [6.45, 7) is 3.12. The molecule has 0 unspecified atom stereocenters. The second-order valence-corrected chi connectivity index (χ2v) is 7.73. The molecule has 2 aromatic rings. The number of carbonyl (C=O) groups excluding carboxylic acids is 1. The molecule has 122 valence electrons. The zero-order valence-corrected chi connectivity index (χ0v) is 13.9. The number of hydrogen-bond donors (Lipinski definition) is 2. The molecule has 1 amide bonds. The average Bonchev–Trinajstić information content (AvgIpc) is 3.01. The van der Waals surface area contributed by atoms with Crippen molar-refractivity contribution < 1.29 is 9.90 Å². The van der Waals surface area contributed by atoms with Crippen molar-refractivity contribution in [1.82, 2.24) is 10.2 Å². The Morgan fingerprint density at radius 3 is 3.13 bits per heavy atom.